The van der Waals surface area contributed by atoms with Crippen molar-refractivity contribution in [2.24, 2.45) is 0 Å². The van der Waals surface area contributed by atoms with Gasteiger partial charge in [0.15, 0.2) is 5.69 Å². The zero-order valence-corrected chi connectivity index (χ0v) is 18.8. The first-order valence-corrected chi connectivity index (χ1v) is 10.9. The highest BCUT2D eigenvalue weighted by Crippen LogP contribution is 2.39. The first-order valence-electron chi connectivity index (χ1n) is 10.1. The minimum absolute atomic E-state index is 0.145. The highest BCUT2D eigenvalue weighted by atomic mass is 32.1. The molecule has 2 heterocycles. The van der Waals surface area contributed by atoms with E-state index in [4.69, 9.17) is 14.0 Å². The van der Waals surface area contributed by atoms with Crippen LogP contribution < -0.4 is 10.1 Å². The average molecular weight is 441 g/mol. The quantitative estimate of drug-likeness (QED) is 0.556. The van der Waals surface area contributed by atoms with E-state index in [1.54, 1.807) is 6.92 Å². The Kier molecular flexibility index (Phi) is 5.82. The van der Waals surface area contributed by atoms with E-state index >= 15 is 0 Å². The van der Waals surface area contributed by atoms with Gasteiger partial charge < -0.3 is 19.3 Å². The Morgan fingerprint density at radius 1 is 1.16 bits per heavy atom. The molecule has 4 rings (SSSR count). The number of nitrogens with zero attached hydrogens (tertiary/aromatic N) is 1. The van der Waals surface area contributed by atoms with E-state index in [0.29, 0.717) is 27.6 Å². The molecule has 0 spiro atoms. The molecule has 0 atom stereocenters. The molecule has 0 fully saturated rings. The smallest absolute Gasteiger partial charge is 0.341 e. The summed E-state index contributed by atoms with van der Waals surface area (Å²) in [6, 6.07) is 5.94. The molecule has 1 amide bonds. The van der Waals surface area contributed by atoms with Crippen LogP contribution in [-0.2, 0) is 24.2 Å². The van der Waals surface area contributed by atoms with Crippen LogP contribution in [-0.4, -0.2) is 24.1 Å². The molecule has 7 nitrogen and oxygen atoms in total. The molecule has 1 N–H and O–H groups in total. The number of carbonyl (C=O) groups is 2. The van der Waals surface area contributed by atoms with Crippen LogP contribution in [0.3, 0.4) is 0 Å². The molecule has 31 heavy (non-hydrogen) atoms. The number of hydrogen-bond acceptors (Lipinski definition) is 7. The second-order valence-corrected chi connectivity index (χ2v) is 8.79. The Bertz CT molecular complexity index is 1140. The van der Waals surface area contributed by atoms with E-state index in [1.165, 1.54) is 18.4 Å². The molecule has 0 unspecified atom stereocenters. The minimum atomic E-state index is -0.444. The molecule has 0 saturated heterocycles. The lowest BCUT2D eigenvalue weighted by Crippen LogP contribution is -2.17. The second kappa shape index (κ2) is 8.55. The van der Waals surface area contributed by atoms with E-state index in [9.17, 15) is 9.59 Å². The highest BCUT2D eigenvalue weighted by molar-refractivity contribution is 7.17. The van der Waals surface area contributed by atoms with Gasteiger partial charge in [0, 0.05) is 4.88 Å². The van der Waals surface area contributed by atoms with Crippen molar-refractivity contribution < 1.29 is 23.6 Å². The average Bonchev–Trinajstić information content (AvgIpc) is 3.39. The van der Waals surface area contributed by atoms with Crippen molar-refractivity contribution in [2.75, 3.05) is 12.4 Å². The Morgan fingerprint density at radius 3 is 2.61 bits per heavy atom. The minimum Gasteiger partial charge on any atom is -0.489 e. The Morgan fingerprint density at radius 2 is 1.90 bits per heavy atom. The van der Waals surface area contributed by atoms with E-state index < -0.39 is 11.9 Å². The summed E-state index contributed by atoms with van der Waals surface area (Å²) in [5.41, 5.74) is 4.32. The van der Waals surface area contributed by atoms with Gasteiger partial charge in [-0.15, -0.1) is 11.3 Å². The van der Waals surface area contributed by atoms with Crippen molar-refractivity contribution in [3.05, 3.63) is 62.3 Å². The summed E-state index contributed by atoms with van der Waals surface area (Å²) < 4.78 is 16.1. The lowest BCUT2D eigenvalue weighted by atomic mass is 10.1. The number of thiophene rings is 1. The number of ether oxygens (including phenoxy) is 2. The normalized spacial score (nSPS) is 12.5. The third-order valence-electron chi connectivity index (χ3n) is 5.32. The number of fused-ring (bicyclic) bond motifs is 1. The molecule has 1 aliphatic carbocycles. The Balaban J connectivity index is 1.56. The number of nitrogens with one attached hydrogen (secondary N) is 1. The molecule has 1 aliphatic rings. The first-order chi connectivity index (χ1) is 14.9. The predicted octanol–water partition coefficient (Wildman–Crippen LogP) is 4.77. The zero-order valence-electron chi connectivity index (χ0n) is 18.0. The Labute approximate surface area is 184 Å². The highest BCUT2D eigenvalue weighted by Gasteiger charge is 2.29. The summed E-state index contributed by atoms with van der Waals surface area (Å²) in [5, 5.41) is 7.27. The van der Waals surface area contributed by atoms with Crippen molar-refractivity contribution in [3.63, 3.8) is 0 Å². The van der Waals surface area contributed by atoms with Crippen molar-refractivity contribution in [1.82, 2.24) is 5.16 Å². The van der Waals surface area contributed by atoms with Gasteiger partial charge in [0.2, 0.25) is 0 Å². The molecule has 0 radical (unpaired) electrons. The van der Waals surface area contributed by atoms with Gasteiger partial charge in [0.05, 0.1) is 18.2 Å². The molecule has 2 aromatic heterocycles. The van der Waals surface area contributed by atoms with E-state index in [2.05, 4.69) is 16.5 Å². The number of aryl methyl sites for hydroxylation is 4. The molecule has 162 valence electrons. The fourth-order valence-corrected chi connectivity index (χ4v) is 5.16. The standard InChI is InChI=1S/C23H24N2O5S/c1-12-8-13(2)10-15(9-12)29-11-17-14(3)30-25-20(17)21(26)24-22-19(23(27)28-4)16-6-5-7-18(16)31-22/h8-10H,5-7,11H2,1-4H3,(H,24,26). The zero-order chi connectivity index (χ0) is 22.1. The molecule has 0 saturated carbocycles. The van der Waals surface area contributed by atoms with Gasteiger partial charge in [-0.05, 0) is 68.9 Å². The monoisotopic (exact) mass is 440 g/mol. The predicted molar refractivity (Wildman–Crippen MR) is 117 cm³/mol. The molecule has 0 bridgehead atoms. The molecular weight excluding hydrogens is 416 g/mol. The van der Waals surface area contributed by atoms with Gasteiger partial charge >= 0.3 is 5.97 Å². The number of aromatic nitrogens is 1. The maximum Gasteiger partial charge on any atom is 0.341 e. The van der Waals surface area contributed by atoms with Gasteiger partial charge in [-0.3, -0.25) is 4.79 Å². The fraction of sp³-hybridized carbons (Fsp3) is 0.348. The number of amides is 1. The second-order valence-electron chi connectivity index (χ2n) is 7.69. The van der Waals surface area contributed by atoms with Gasteiger partial charge in [0.1, 0.15) is 23.1 Å². The van der Waals surface area contributed by atoms with Crippen molar-refractivity contribution in [2.45, 2.75) is 46.6 Å². The summed E-state index contributed by atoms with van der Waals surface area (Å²) in [7, 11) is 1.34. The summed E-state index contributed by atoms with van der Waals surface area (Å²) >= 11 is 1.42. The number of anilines is 1. The van der Waals surface area contributed by atoms with E-state index in [-0.39, 0.29) is 12.3 Å². The topological polar surface area (TPSA) is 90.7 Å². The number of rotatable bonds is 6. The van der Waals surface area contributed by atoms with Gasteiger partial charge in [0.25, 0.3) is 5.91 Å². The lowest BCUT2D eigenvalue weighted by molar-refractivity contribution is 0.0601. The molecule has 1 aromatic carbocycles. The van der Waals surface area contributed by atoms with Gasteiger partial charge in [-0.25, -0.2) is 4.79 Å². The summed E-state index contributed by atoms with van der Waals surface area (Å²) in [4.78, 5) is 26.5. The largest absolute Gasteiger partial charge is 0.489 e. The maximum atomic E-state index is 13.0. The van der Waals surface area contributed by atoms with E-state index in [0.717, 1.165) is 40.8 Å². The maximum absolute atomic E-state index is 13.0. The number of benzene rings is 1. The third kappa shape index (κ3) is 4.20. The van der Waals surface area contributed by atoms with Gasteiger partial charge in [-0.1, -0.05) is 11.2 Å². The summed E-state index contributed by atoms with van der Waals surface area (Å²) in [5.74, 6) is 0.342. The van der Waals surface area contributed by atoms with E-state index in [1.807, 2.05) is 26.0 Å². The fourth-order valence-electron chi connectivity index (χ4n) is 3.88. The number of methoxy groups -OCH3 is 1. The summed E-state index contributed by atoms with van der Waals surface area (Å²) in [6.07, 6.45) is 2.71. The van der Waals surface area contributed by atoms with Gasteiger partial charge in [-0.2, -0.15) is 0 Å². The van der Waals surface area contributed by atoms with Crippen LogP contribution in [0.25, 0.3) is 0 Å². The van der Waals surface area contributed by atoms with Crippen LogP contribution >= 0.6 is 11.3 Å². The summed E-state index contributed by atoms with van der Waals surface area (Å²) in [6.45, 7) is 5.89. The molecule has 0 aliphatic heterocycles. The first kappa shape index (κ1) is 21.1. The molecule has 3 aromatic rings. The van der Waals surface area contributed by atoms with Crippen molar-refractivity contribution in [3.8, 4) is 5.75 Å². The number of esters is 1. The third-order valence-corrected chi connectivity index (χ3v) is 6.52. The van der Waals surface area contributed by atoms with Crippen LogP contribution in [0.5, 0.6) is 5.75 Å². The van der Waals surface area contributed by atoms with Crippen LogP contribution in [0, 0.1) is 20.8 Å². The SMILES string of the molecule is COC(=O)c1c(NC(=O)c2noc(C)c2COc2cc(C)cc(C)c2)sc2c1CCC2. The molecular formula is C23H24N2O5S. The van der Waals surface area contributed by atoms with Crippen LogP contribution in [0.15, 0.2) is 22.7 Å². The van der Waals surface area contributed by atoms with Crippen molar-refractivity contribution in [1.29, 1.82) is 0 Å². The van der Waals surface area contributed by atoms with Crippen LogP contribution in [0.1, 0.15) is 60.2 Å². The lowest BCUT2D eigenvalue weighted by Gasteiger charge is -2.09. The number of carbonyl (C=O) groups excluding carboxylic acids is 2. The Hall–Kier alpha value is -3.13. The number of hydrogen-bond donors (Lipinski definition) is 1. The van der Waals surface area contributed by atoms with Crippen LogP contribution in [0.2, 0.25) is 0 Å². The van der Waals surface area contributed by atoms with Crippen LogP contribution in [0.4, 0.5) is 5.00 Å². The van der Waals surface area contributed by atoms with Crippen molar-refractivity contribution >= 4 is 28.2 Å². The molecule has 8 heteroatoms.